The van der Waals surface area contributed by atoms with Crippen LogP contribution in [0.1, 0.15) is 19.4 Å². The van der Waals surface area contributed by atoms with Gasteiger partial charge in [0.2, 0.25) is 0 Å². The monoisotopic (exact) mass is 316 g/mol. The molecule has 18 heavy (non-hydrogen) atoms. The Morgan fingerprint density at radius 1 is 1.39 bits per heavy atom. The third kappa shape index (κ3) is 4.29. The standard InChI is InChI=1S/C13H18BrFN2O/c1-3-17(4-2)13(18)16-8-7-10-9-11(14)5-6-12(10)15/h5-6,9H,3-4,7-8H2,1-2H3,(H,16,18). The number of carbonyl (C=O) groups excluding carboxylic acids is 1. The molecule has 0 unspecified atom stereocenters. The number of nitrogens with one attached hydrogen (secondary N) is 1. The number of urea groups is 1. The second kappa shape index (κ2) is 7.36. The van der Waals surface area contributed by atoms with Gasteiger partial charge in [-0.3, -0.25) is 0 Å². The van der Waals surface area contributed by atoms with Crippen LogP contribution in [0.4, 0.5) is 9.18 Å². The second-order valence-electron chi connectivity index (χ2n) is 3.89. The van der Waals surface area contributed by atoms with Crippen LogP contribution >= 0.6 is 15.9 Å². The van der Waals surface area contributed by atoms with Crippen LogP contribution in [0.25, 0.3) is 0 Å². The summed E-state index contributed by atoms with van der Waals surface area (Å²) in [4.78, 5) is 13.4. The van der Waals surface area contributed by atoms with Crippen molar-refractivity contribution in [1.29, 1.82) is 0 Å². The SMILES string of the molecule is CCN(CC)C(=O)NCCc1cc(Br)ccc1F. The number of hydrogen-bond donors (Lipinski definition) is 1. The van der Waals surface area contributed by atoms with Gasteiger partial charge in [-0.05, 0) is 44.0 Å². The van der Waals surface area contributed by atoms with E-state index in [1.165, 1.54) is 6.07 Å². The van der Waals surface area contributed by atoms with Crippen LogP contribution in [0.15, 0.2) is 22.7 Å². The van der Waals surface area contributed by atoms with Gasteiger partial charge >= 0.3 is 6.03 Å². The molecule has 0 spiro atoms. The van der Waals surface area contributed by atoms with E-state index >= 15 is 0 Å². The molecule has 5 heteroatoms. The molecule has 3 nitrogen and oxygen atoms in total. The predicted molar refractivity (Wildman–Crippen MR) is 74.1 cm³/mol. The summed E-state index contributed by atoms with van der Waals surface area (Å²) in [6.45, 7) is 5.64. The molecule has 1 rings (SSSR count). The van der Waals surface area contributed by atoms with E-state index in [-0.39, 0.29) is 11.8 Å². The summed E-state index contributed by atoms with van der Waals surface area (Å²) < 4.78 is 14.3. The molecule has 0 radical (unpaired) electrons. The molecule has 0 saturated carbocycles. The molecule has 1 aromatic rings. The fourth-order valence-electron chi connectivity index (χ4n) is 1.66. The van der Waals surface area contributed by atoms with Gasteiger partial charge in [0.15, 0.2) is 0 Å². The highest BCUT2D eigenvalue weighted by molar-refractivity contribution is 9.10. The third-order valence-corrected chi connectivity index (χ3v) is 3.22. The number of amides is 2. The number of carbonyl (C=O) groups is 1. The Kier molecular flexibility index (Phi) is 6.12. The zero-order chi connectivity index (χ0) is 13.5. The molecule has 0 saturated heterocycles. The van der Waals surface area contributed by atoms with Gasteiger partial charge in [0.25, 0.3) is 0 Å². The summed E-state index contributed by atoms with van der Waals surface area (Å²) in [5.74, 6) is -0.240. The Balaban J connectivity index is 2.46. The molecule has 0 aliphatic rings. The maximum atomic E-state index is 13.4. The highest BCUT2D eigenvalue weighted by Gasteiger charge is 2.08. The topological polar surface area (TPSA) is 32.3 Å². The van der Waals surface area contributed by atoms with Crippen molar-refractivity contribution in [1.82, 2.24) is 10.2 Å². The lowest BCUT2D eigenvalue weighted by atomic mass is 10.1. The van der Waals surface area contributed by atoms with Gasteiger partial charge in [-0.15, -0.1) is 0 Å². The van der Waals surface area contributed by atoms with E-state index < -0.39 is 0 Å². The van der Waals surface area contributed by atoms with Crippen LogP contribution in [0.2, 0.25) is 0 Å². The Labute approximate surface area is 115 Å². The first-order valence-electron chi connectivity index (χ1n) is 6.05. The van der Waals surface area contributed by atoms with Gasteiger partial charge in [0.05, 0.1) is 0 Å². The van der Waals surface area contributed by atoms with Crippen molar-refractivity contribution in [2.75, 3.05) is 19.6 Å². The molecule has 1 N–H and O–H groups in total. The molecule has 0 atom stereocenters. The van der Waals surface area contributed by atoms with Gasteiger partial charge < -0.3 is 10.2 Å². The zero-order valence-corrected chi connectivity index (χ0v) is 12.3. The lowest BCUT2D eigenvalue weighted by Gasteiger charge is -2.19. The lowest BCUT2D eigenvalue weighted by molar-refractivity contribution is 0.203. The number of benzene rings is 1. The predicted octanol–water partition coefficient (Wildman–Crippen LogP) is 3.18. The maximum absolute atomic E-state index is 13.4. The Morgan fingerprint density at radius 2 is 2.06 bits per heavy atom. The Bertz CT molecular complexity index is 408. The van der Waals surface area contributed by atoms with E-state index in [0.717, 1.165) is 4.47 Å². The molecular formula is C13H18BrFN2O. The Hall–Kier alpha value is -1.10. The molecule has 0 heterocycles. The zero-order valence-electron chi connectivity index (χ0n) is 10.7. The van der Waals surface area contributed by atoms with Gasteiger partial charge in [0, 0.05) is 24.1 Å². The fraction of sp³-hybridized carbons (Fsp3) is 0.462. The van der Waals surface area contributed by atoms with Crippen LogP contribution in [-0.2, 0) is 6.42 Å². The lowest BCUT2D eigenvalue weighted by Crippen LogP contribution is -2.40. The van der Waals surface area contributed by atoms with Crippen LogP contribution in [-0.4, -0.2) is 30.6 Å². The number of hydrogen-bond acceptors (Lipinski definition) is 1. The van der Waals surface area contributed by atoms with Crippen LogP contribution < -0.4 is 5.32 Å². The number of nitrogens with zero attached hydrogens (tertiary/aromatic N) is 1. The van der Waals surface area contributed by atoms with Crippen molar-refractivity contribution in [3.63, 3.8) is 0 Å². The molecule has 0 bridgehead atoms. The van der Waals surface area contributed by atoms with E-state index in [4.69, 9.17) is 0 Å². The van der Waals surface area contributed by atoms with Crippen molar-refractivity contribution in [3.05, 3.63) is 34.1 Å². The smallest absolute Gasteiger partial charge is 0.317 e. The van der Waals surface area contributed by atoms with Crippen LogP contribution in [0.5, 0.6) is 0 Å². The molecule has 0 aliphatic carbocycles. The van der Waals surface area contributed by atoms with Crippen molar-refractivity contribution in [3.8, 4) is 0 Å². The molecule has 2 amide bonds. The summed E-state index contributed by atoms with van der Waals surface area (Å²) in [6.07, 6.45) is 0.484. The number of halogens is 2. The molecule has 1 aromatic carbocycles. The van der Waals surface area contributed by atoms with Gasteiger partial charge in [-0.1, -0.05) is 15.9 Å². The highest BCUT2D eigenvalue weighted by Crippen LogP contribution is 2.15. The molecular weight excluding hydrogens is 299 g/mol. The van der Waals surface area contributed by atoms with Crippen LogP contribution in [0, 0.1) is 5.82 Å². The van der Waals surface area contributed by atoms with E-state index in [1.807, 2.05) is 13.8 Å². The van der Waals surface area contributed by atoms with Gasteiger partial charge in [-0.25, -0.2) is 9.18 Å². The first kappa shape index (κ1) is 15.0. The quantitative estimate of drug-likeness (QED) is 0.889. The average molecular weight is 317 g/mol. The van der Waals surface area contributed by atoms with Crippen molar-refractivity contribution < 1.29 is 9.18 Å². The minimum absolute atomic E-state index is 0.101. The van der Waals surface area contributed by atoms with Crippen molar-refractivity contribution in [2.45, 2.75) is 20.3 Å². The summed E-state index contributed by atoms with van der Waals surface area (Å²) in [5.41, 5.74) is 0.601. The second-order valence-corrected chi connectivity index (χ2v) is 4.81. The normalized spacial score (nSPS) is 10.2. The first-order chi connectivity index (χ1) is 8.58. The number of rotatable bonds is 5. The summed E-state index contributed by atoms with van der Waals surface area (Å²) in [5, 5.41) is 2.78. The summed E-state index contributed by atoms with van der Waals surface area (Å²) >= 11 is 3.30. The third-order valence-electron chi connectivity index (χ3n) is 2.73. The minimum atomic E-state index is -0.240. The fourth-order valence-corrected chi connectivity index (χ4v) is 2.07. The maximum Gasteiger partial charge on any atom is 0.317 e. The van der Waals surface area contributed by atoms with Gasteiger partial charge in [0.1, 0.15) is 5.82 Å². The molecule has 0 fully saturated rings. The summed E-state index contributed by atoms with van der Waals surface area (Å²) in [7, 11) is 0. The highest BCUT2D eigenvalue weighted by atomic mass is 79.9. The van der Waals surface area contributed by atoms with E-state index in [1.54, 1.807) is 17.0 Å². The molecule has 0 aliphatic heterocycles. The van der Waals surface area contributed by atoms with Gasteiger partial charge in [-0.2, -0.15) is 0 Å². The van der Waals surface area contributed by atoms with E-state index in [9.17, 15) is 9.18 Å². The van der Waals surface area contributed by atoms with E-state index in [2.05, 4.69) is 21.2 Å². The minimum Gasteiger partial charge on any atom is -0.338 e. The average Bonchev–Trinajstić information content (AvgIpc) is 2.35. The summed E-state index contributed by atoms with van der Waals surface area (Å²) in [6, 6.07) is 4.72. The molecule has 100 valence electrons. The van der Waals surface area contributed by atoms with E-state index in [0.29, 0.717) is 31.6 Å². The van der Waals surface area contributed by atoms with Crippen LogP contribution in [0.3, 0.4) is 0 Å². The van der Waals surface area contributed by atoms with Crippen molar-refractivity contribution >= 4 is 22.0 Å². The van der Waals surface area contributed by atoms with Crippen molar-refractivity contribution in [2.24, 2.45) is 0 Å². The largest absolute Gasteiger partial charge is 0.338 e. The first-order valence-corrected chi connectivity index (χ1v) is 6.84. The molecule has 0 aromatic heterocycles. The Morgan fingerprint density at radius 3 is 2.67 bits per heavy atom.